The Balaban J connectivity index is 1.37. The first kappa shape index (κ1) is 19.0. The minimum Gasteiger partial charge on any atom is -0.348 e. The molecule has 0 saturated heterocycles. The van der Waals surface area contributed by atoms with Crippen molar-refractivity contribution >= 4 is 23.2 Å². The van der Waals surface area contributed by atoms with E-state index >= 15 is 0 Å². The van der Waals surface area contributed by atoms with Gasteiger partial charge in [-0.25, -0.2) is 0 Å². The smallest absolute Gasteiger partial charge is 0.242 e. The Labute approximate surface area is 166 Å². The molecule has 2 amide bonds. The zero-order chi connectivity index (χ0) is 19.3. The van der Waals surface area contributed by atoms with E-state index in [1.165, 1.54) is 34.6 Å². The topological polar surface area (TPSA) is 58.2 Å². The number of rotatable bonds is 5. The van der Waals surface area contributed by atoms with Crippen molar-refractivity contribution in [1.29, 1.82) is 0 Å². The lowest BCUT2D eigenvalue weighted by molar-refractivity contribution is -0.148. The summed E-state index contributed by atoms with van der Waals surface area (Å²) < 4.78 is 0. The SMILES string of the molecule is Cc1cc([C@@H](C)NC(=O)[C@H](C)NC(=O)C23CC4CC(CC(C4)C2)C3)c(C)s1. The monoisotopic (exact) mass is 388 g/mol. The first-order valence-corrected chi connectivity index (χ1v) is 11.3. The molecule has 4 aliphatic rings. The molecule has 148 valence electrons. The summed E-state index contributed by atoms with van der Waals surface area (Å²) in [7, 11) is 0. The van der Waals surface area contributed by atoms with Gasteiger partial charge in [0, 0.05) is 15.2 Å². The van der Waals surface area contributed by atoms with Gasteiger partial charge in [0.15, 0.2) is 0 Å². The van der Waals surface area contributed by atoms with Crippen LogP contribution in [0.1, 0.15) is 73.7 Å². The highest BCUT2D eigenvalue weighted by atomic mass is 32.1. The minimum absolute atomic E-state index is 0.0404. The van der Waals surface area contributed by atoms with Gasteiger partial charge in [0.2, 0.25) is 11.8 Å². The number of carbonyl (C=O) groups is 2. The maximum absolute atomic E-state index is 13.1. The third kappa shape index (κ3) is 3.55. The van der Waals surface area contributed by atoms with E-state index < -0.39 is 6.04 Å². The Hall–Kier alpha value is -1.36. The predicted octanol–water partition coefficient (Wildman–Crippen LogP) is 4.26. The fraction of sp³-hybridized carbons (Fsp3) is 0.727. The summed E-state index contributed by atoms with van der Waals surface area (Å²) in [4.78, 5) is 28.3. The first-order chi connectivity index (χ1) is 12.8. The summed E-state index contributed by atoms with van der Waals surface area (Å²) in [6.07, 6.45) is 7.05. The maximum Gasteiger partial charge on any atom is 0.242 e. The summed E-state index contributed by atoms with van der Waals surface area (Å²) in [6.45, 7) is 8.00. The largest absolute Gasteiger partial charge is 0.348 e. The van der Waals surface area contributed by atoms with Gasteiger partial charge in [-0.3, -0.25) is 9.59 Å². The molecule has 0 aliphatic heterocycles. The molecule has 0 aromatic carbocycles. The van der Waals surface area contributed by atoms with E-state index in [-0.39, 0.29) is 23.3 Å². The molecule has 4 nitrogen and oxygen atoms in total. The van der Waals surface area contributed by atoms with Crippen LogP contribution in [0.25, 0.3) is 0 Å². The van der Waals surface area contributed by atoms with Crippen LogP contribution in [0, 0.1) is 37.0 Å². The zero-order valence-corrected chi connectivity index (χ0v) is 17.7. The Morgan fingerprint density at radius 2 is 1.59 bits per heavy atom. The average Bonchev–Trinajstić information content (AvgIpc) is 2.92. The van der Waals surface area contributed by atoms with E-state index in [0.29, 0.717) is 0 Å². The number of hydrogen-bond donors (Lipinski definition) is 2. The van der Waals surface area contributed by atoms with Crippen molar-refractivity contribution in [2.75, 3.05) is 0 Å². The van der Waals surface area contributed by atoms with Crippen LogP contribution in [0.15, 0.2) is 6.07 Å². The summed E-state index contributed by atoms with van der Waals surface area (Å²) in [5.74, 6) is 2.23. The lowest BCUT2D eigenvalue weighted by atomic mass is 9.49. The van der Waals surface area contributed by atoms with Crippen LogP contribution in [0.4, 0.5) is 0 Å². The highest BCUT2D eigenvalue weighted by molar-refractivity contribution is 7.12. The molecule has 4 aliphatic carbocycles. The van der Waals surface area contributed by atoms with Crippen molar-refractivity contribution in [3.63, 3.8) is 0 Å². The number of thiophene rings is 1. The number of carbonyl (C=O) groups excluding carboxylic acids is 2. The maximum atomic E-state index is 13.1. The van der Waals surface area contributed by atoms with Crippen molar-refractivity contribution in [3.8, 4) is 0 Å². The van der Waals surface area contributed by atoms with E-state index in [9.17, 15) is 9.59 Å². The van der Waals surface area contributed by atoms with E-state index in [1.807, 2.05) is 13.8 Å². The molecule has 1 heterocycles. The van der Waals surface area contributed by atoms with E-state index in [4.69, 9.17) is 0 Å². The number of amides is 2. The van der Waals surface area contributed by atoms with Crippen LogP contribution in [0.3, 0.4) is 0 Å². The molecule has 4 fully saturated rings. The molecule has 0 radical (unpaired) electrons. The van der Waals surface area contributed by atoms with Crippen molar-refractivity contribution in [3.05, 3.63) is 21.4 Å². The van der Waals surface area contributed by atoms with Gasteiger partial charge in [-0.05, 0) is 95.6 Å². The number of nitrogens with one attached hydrogen (secondary N) is 2. The Kier molecular flexibility index (Phi) is 4.86. The van der Waals surface area contributed by atoms with Crippen molar-refractivity contribution in [2.24, 2.45) is 23.2 Å². The molecule has 2 atom stereocenters. The molecular weight excluding hydrogens is 356 g/mol. The molecule has 4 saturated carbocycles. The highest BCUT2D eigenvalue weighted by Gasteiger charge is 2.54. The Morgan fingerprint density at radius 3 is 2.07 bits per heavy atom. The molecule has 4 bridgehead atoms. The number of hydrogen-bond acceptors (Lipinski definition) is 3. The third-order valence-electron chi connectivity index (χ3n) is 7.17. The molecule has 0 unspecified atom stereocenters. The molecule has 5 heteroatoms. The molecule has 1 aromatic heterocycles. The molecule has 2 N–H and O–H groups in total. The molecule has 0 spiro atoms. The molecule has 27 heavy (non-hydrogen) atoms. The third-order valence-corrected chi connectivity index (χ3v) is 8.15. The van der Waals surface area contributed by atoms with Crippen molar-refractivity contribution < 1.29 is 9.59 Å². The second kappa shape index (κ2) is 6.91. The van der Waals surface area contributed by atoms with Crippen LogP contribution in [0.5, 0.6) is 0 Å². The van der Waals surface area contributed by atoms with Gasteiger partial charge in [0.25, 0.3) is 0 Å². The standard InChI is InChI=1S/C22H32N2O2S/c1-12-5-19(15(4)27-12)13(2)23-20(25)14(3)24-21(26)22-9-16-6-17(10-22)8-18(7-16)11-22/h5,13-14,16-18H,6-11H2,1-4H3,(H,23,25)(H,24,26)/t13-,14+,16?,17?,18?,22?/m1/s1. The highest BCUT2D eigenvalue weighted by Crippen LogP contribution is 2.60. The predicted molar refractivity (Wildman–Crippen MR) is 109 cm³/mol. The summed E-state index contributed by atoms with van der Waals surface area (Å²) in [5, 5.41) is 6.15. The van der Waals surface area contributed by atoms with Gasteiger partial charge in [-0.2, -0.15) is 0 Å². The number of aryl methyl sites for hydroxylation is 2. The van der Waals surface area contributed by atoms with Crippen LogP contribution in [-0.4, -0.2) is 17.9 Å². The fourth-order valence-corrected chi connectivity index (χ4v) is 7.32. The van der Waals surface area contributed by atoms with Crippen LogP contribution in [-0.2, 0) is 9.59 Å². The lowest BCUT2D eigenvalue weighted by Gasteiger charge is -2.55. The van der Waals surface area contributed by atoms with E-state index in [0.717, 1.165) is 37.0 Å². The van der Waals surface area contributed by atoms with Gasteiger partial charge in [-0.1, -0.05) is 0 Å². The Bertz CT molecular complexity index is 718. The van der Waals surface area contributed by atoms with Crippen LogP contribution < -0.4 is 10.6 Å². The van der Waals surface area contributed by atoms with Gasteiger partial charge in [0.1, 0.15) is 6.04 Å². The van der Waals surface area contributed by atoms with E-state index in [1.54, 1.807) is 11.3 Å². The Morgan fingerprint density at radius 1 is 1.04 bits per heavy atom. The second-order valence-corrected chi connectivity index (χ2v) is 11.0. The summed E-state index contributed by atoms with van der Waals surface area (Å²) in [5.41, 5.74) is 0.973. The van der Waals surface area contributed by atoms with Gasteiger partial charge >= 0.3 is 0 Å². The summed E-state index contributed by atoms with van der Waals surface area (Å²) in [6, 6.07) is 1.61. The first-order valence-electron chi connectivity index (χ1n) is 10.4. The van der Waals surface area contributed by atoms with Crippen molar-refractivity contribution in [1.82, 2.24) is 10.6 Å². The average molecular weight is 389 g/mol. The van der Waals surface area contributed by atoms with Gasteiger partial charge in [0.05, 0.1) is 6.04 Å². The minimum atomic E-state index is -0.493. The fourth-order valence-electron chi connectivity index (χ4n) is 6.30. The molecule has 5 rings (SSSR count). The second-order valence-electron chi connectivity index (χ2n) is 9.49. The van der Waals surface area contributed by atoms with Gasteiger partial charge < -0.3 is 10.6 Å². The lowest BCUT2D eigenvalue weighted by Crippen LogP contribution is -2.56. The van der Waals surface area contributed by atoms with Crippen molar-refractivity contribution in [2.45, 2.75) is 78.3 Å². The normalized spacial score (nSPS) is 33.6. The van der Waals surface area contributed by atoms with Gasteiger partial charge in [-0.15, -0.1) is 11.3 Å². The van der Waals surface area contributed by atoms with E-state index in [2.05, 4.69) is 30.5 Å². The van der Waals surface area contributed by atoms with Crippen LogP contribution >= 0.6 is 11.3 Å². The quantitative estimate of drug-likeness (QED) is 0.792. The summed E-state index contributed by atoms with van der Waals surface area (Å²) >= 11 is 1.75. The molecule has 1 aromatic rings. The molecular formula is C22H32N2O2S. The van der Waals surface area contributed by atoms with Crippen LogP contribution in [0.2, 0.25) is 0 Å². The zero-order valence-electron chi connectivity index (χ0n) is 16.9.